The van der Waals surface area contributed by atoms with Crippen molar-refractivity contribution in [1.82, 2.24) is 20.0 Å². The minimum atomic E-state index is -0.366. The zero-order valence-corrected chi connectivity index (χ0v) is 10.6. The molecule has 0 unspecified atom stereocenters. The molecule has 0 aromatic carbocycles. The van der Waals surface area contributed by atoms with E-state index in [1.54, 1.807) is 18.3 Å². The van der Waals surface area contributed by atoms with Gasteiger partial charge in [0.15, 0.2) is 0 Å². The van der Waals surface area contributed by atoms with E-state index in [0.717, 1.165) is 4.68 Å². The number of halogens is 1. The van der Waals surface area contributed by atoms with Crippen LogP contribution in [0.1, 0.15) is 5.69 Å². The molecule has 1 N–H and O–H groups in total. The molecule has 6 nitrogen and oxygen atoms in total. The lowest BCUT2D eigenvalue weighted by molar-refractivity contribution is 0.664. The summed E-state index contributed by atoms with van der Waals surface area (Å²) in [6.07, 6.45) is 8.11. The fourth-order valence-corrected chi connectivity index (χ4v) is 1.63. The molecule has 0 fully saturated rings. The second-order valence-corrected chi connectivity index (χ2v) is 4.01. The molecule has 2 aromatic rings. The Kier molecular flexibility index (Phi) is 4.11. The highest BCUT2D eigenvalue weighted by molar-refractivity contribution is 6.32. The van der Waals surface area contributed by atoms with E-state index in [4.69, 9.17) is 18.0 Å². The highest BCUT2D eigenvalue weighted by Gasteiger charge is 2.09. The number of nitrogens with zero attached hydrogens (tertiary/aromatic N) is 4. The maximum atomic E-state index is 12.0. The van der Waals surface area contributed by atoms with Crippen LogP contribution in [0, 0.1) is 12.3 Å². The van der Waals surface area contributed by atoms with Gasteiger partial charge in [-0.1, -0.05) is 17.5 Å². The lowest BCUT2D eigenvalue weighted by atomic mass is 10.3. The number of hydrogen-bond acceptors (Lipinski definition) is 5. The van der Waals surface area contributed by atoms with E-state index in [-0.39, 0.29) is 22.8 Å². The number of aromatic nitrogens is 4. The summed E-state index contributed by atoms with van der Waals surface area (Å²) in [5.41, 5.74) is 0.574. The molecule has 0 saturated heterocycles. The van der Waals surface area contributed by atoms with Crippen LogP contribution in [0.25, 0.3) is 0 Å². The lowest BCUT2D eigenvalue weighted by Crippen LogP contribution is -2.25. The van der Waals surface area contributed by atoms with Crippen LogP contribution in [-0.4, -0.2) is 20.0 Å². The SMILES string of the molecule is C#CCn1ncc(Cl)c(NCc2cccnn2)c1=O. The summed E-state index contributed by atoms with van der Waals surface area (Å²) in [4.78, 5) is 12.0. The molecule has 0 saturated carbocycles. The average Bonchev–Trinajstić information content (AvgIpc) is 2.43. The second-order valence-electron chi connectivity index (χ2n) is 3.60. The molecule has 0 aliphatic heterocycles. The Labute approximate surface area is 114 Å². The number of hydrogen-bond donors (Lipinski definition) is 1. The van der Waals surface area contributed by atoms with Crippen molar-refractivity contribution in [3.63, 3.8) is 0 Å². The van der Waals surface area contributed by atoms with Crippen molar-refractivity contribution in [3.05, 3.63) is 45.6 Å². The van der Waals surface area contributed by atoms with E-state index in [2.05, 4.69) is 26.5 Å². The first-order chi connectivity index (χ1) is 9.22. The number of terminal acetylenes is 1. The van der Waals surface area contributed by atoms with Crippen molar-refractivity contribution in [3.8, 4) is 12.3 Å². The Balaban J connectivity index is 2.23. The van der Waals surface area contributed by atoms with Gasteiger partial charge in [-0.05, 0) is 12.1 Å². The summed E-state index contributed by atoms with van der Waals surface area (Å²) in [7, 11) is 0. The predicted molar refractivity (Wildman–Crippen MR) is 71.7 cm³/mol. The third-order valence-corrected chi connectivity index (χ3v) is 2.60. The van der Waals surface area contributed by atoms with Crippen LogP contribution in [-0.2, 0) is 13.1 Å². The van der Waals surface area contributed by atoms with Crippen molar-refractivity contribution >= 4 is 17.3 Å². The molecule has 7 heteroatoms. The van der Waals surface area contributed by atoms with Crippen LogP contribution in [0.5, 0.6) is 0 Å². The first-order valence-electron chi connectivity index (χ1n) is 5.42. The Hall–Kier alpha value is -2.39. The lowest BCUT2D eigenvalue weighted by Gasteiger charge is -2.08. The first kappa shape index (κ1) is 13.1. The van der Waals surface area contributed by atoms with Crippen LogP contribution in [0.2, 0.25) is 5.02 Å². The van der Waals surface area contributed by atoms with Crippen molar-refractivity contribution < 1.29 is 0 Å². The predicted octanol–water partition coefficient (Wildman–Crippen LogP) is 0.932. The van der Waals surface area contributed by atoms with Gasteiger partial charge in [-0.2, -0.15) is 15.3 Å². The van der Waals surface area contributed by atoms with E-state index in [1.165, 1.54) is 6.20 Å². The summed E-state index contributed by atoms with van der Waals surface area (Å²) < 4.78 is 1.16. The molecular weight excluding hydrogens is 266 g/mol. The van der Waals surface area contributed by atoms with Crippen LogP contribution in [0.3, 0.4) is 0 Å². The minimum absolute atomic E-state index is 0.0931. The highest BCUT2D eigenvalue weighted by Crippen LogP contribution is 2.15. The molecule has 0 bridgehead atoms. The zero-order valence-electron chi connectivity index (χ0n) is 9.88. The fraction of sp³-hybridized carbons (Fsp3) is 0.167. The molecule has 2 aromatic heterocycles. The van der Waals surface area contributed by atoms with Gasteiger partial charge in [0.05, 0.1) is 23.5 Å². The Morgan fingerprint density at radius 2 is 2.37 bits per heavy atom. The number of rotatable bonds is 4. The third kappa shape index (κ3) is 3.09. The van der Waals surface area contributed by atoms with E-state index < -0.39 is 0 Å². The molecule has 0 aliphatic rings. The van der Waals surface area contributed by atoms with Crippen molar-refractivity contribution in [2.24, 2.45) is 0 Å². The second kappa shape index (κ2) is 5.98. The molecule has 2 heterocycles. The summed E-state index contributed by atoms with van der Waals surface area (Å²) in [5, 5.41) is 14.6. The molecule has 2 rings (SSSR count). The summed E-state index contributed by atoms with van der Waals surface area (Å²) >= 11 is 5.94. The van der Waals surface area contributed by atoms with E-state index in [1.807, 2.05) is 0 Å². The Bertz CT molecular complexity index is 662. The average molecular weight is 276 g/mol. The molecule has 0 amide bonds. The smallest absolute Gasteiger partial charge is 0.292 e. The third-order valence-electron chi connectivity index (χ3n) is 2.31. The molecular formula is C12H10ClN5O. The van der Waals surface area contributed by atoms with E-state index in [9.17, 15) is 4.79 Å². The Morgan fingerprint density at radius 3 is 3.05 bits per heavy atom. The van der Waals surface area contributed by atoms with Gasteiger partial charge in [0, 0.05) is 6.20 Å². The van der Waals surface area contributed by atoms with Gasteiger partial charge >= 0.3 is 0 Å². The van der Waals surface area contributed by atoms with Crippen LogP contribution >= 0.6 is 11.6 Å². The molecule has 0 aliphatic carbocycles. The largest absolute Gasteiger partial charge is 0.374 e. The molecule has 96 valence electrons. The quantitative estimate of drug-likeness (QED) is 0.841. The minimum Gasteiger partial charge on any atom is -0.374 e. The monoisotopic (exact) mass is 275 g/mol. The standard InChI is InChI=1S/C12H10ClN5O/c1-2-6-18-12(19)11(10(13)8-16-18)14-7-9-4-3-5-15-17-9/h1,3-5,8,14H,6-7H2. The highest BCUT2D eigenvalue weighted by atomic mass is 35.5. The first-order valence-corrected chi connectivity index (χ1v) is 5.79. The van der Waals surface area contributed by atoms with Gasteiger partial charge in [-0.15, -0.1) is 6.42 Å². The molecule has 19 heavy (non-hydrogen) atoms. The summed E-state index contributed by atoms with van der Waals surface area (Å²) in [5.74, 6) is 2.35. The van der Waals surface area contributed by atoms with Crippen molar-refractivity contribution in [2.75, 3.05) is 5.32 Å². The van der Waals surface area contributed by atoms with Gasteiger partial charge in [0.1, 0.15) is 12.2 Å². The number of anilines is 1. The topological polar surface area (TPSA) is 72.7 Å². The van der Waals surface area contributed by atoms with Crippen molar-refractivity contribution in [1.29, 1.82) is 0 Å². The van der Waals surface area contributed by atoms with E-state index >= 15 is 0 Å². The van der Waals surface area contributed by atoms with Gasteiger partial charge in [-0.3, -0.25) is 4.79 Å². The molecule has 0 spiro atoms. The fourth-order valence-electron chi connectivity index (χ4n) is 1.43. The van der Waals surface area contributed by atoms with Crippen molar-refractivity contribution in [2.45, 2.75) is 13.1 Å². The normalized spacial score (nSPS) is 9.89. The molecule has 0 atom stereocenters. The summed E-state index contributed by atoms with van der Waals surface area (Å²) in [6, 6.07) is 3.55. The Morgan fingerprint density at radius 1 is 1.53 bits per heavy atom. The van der Waals surface area contributed by atoms with Crippen LogP contribution in [0.15, 0.2) is 29.3 Å². The van der Waals surface area contributed by atoms with Gasteiger partial charge in [0.2, 0.25) is 0 Å². The van der Waals surface area contributed by atoms with Crippen LogP contribution in [0.4, 0.5) is 5.69 Å². The van der Waals surface area contributed by atoms with Gasteiger partial charge in [-0.25, -0.2) is 4.68 Å². The molecule has 0 radical (unpaired) electrons. The summed E-state index contributed by atoms with van der Waals surface area (Å²) in [6.45, 7) is 0.429. The maximum absolute atomic E-state index is 12.0. The number of nitrogens with one attached hydrogen (secondary N) is 1. The zero-order chi connectivity index (χ0) is 13.7. The van der Waals surface area contributed by atoms with Crippen LogP contribution < -0.4 is 10.9 Å². The maximum Gasteiger partial charge on any atom is 0.292 e. The van der Waals surface area contributed by atoms with Gasteiger partial charge < -0.3 is 5.32 Å². The van der Waals surface area contributed by atoms with Gasteiger partial charge in [0.25, 0.3) is 5.56 Å². The van der Waals surface area contributed by atoms with E-state index in [0.29, 0.717) is 12.2 Å².